The summed E-state index contributed by atoms with van der Waals surface area (Å²) in [6.07, 6.45) is 1.13. The Morgan fingerprint density at radius 3 is 2.33 bits per heavy atom. The van der Waals surface area contributed by atoms with Crippen molar-refractivity contribution in [3.05, 3.63) is 30.1 Å². The average Bonchev–Trinajstić information content (AvgIpc) is 2.33. The fourth-order valence-corrected chi connectivity index (χ4v) is 3.75. The predicted molar refractivity (Wildman–Crippen MR) is 74.4 cm³/mol. The number of nitrogens with one attached hydrogen (secondary N) is 2. The molecular weight excluding hydrogens is 275 g/mol. The van der Waals surface area contributed by atoms with Gasteiger partial charge in [0.05, 0.1) is 0 Å². The molecule has 0 aliphatic heterocycles. The zero-order chi connectivity index (χ0) is 15.3. The van der Waals surface area contributed by atoms with Gasteiger partial charge in [-0.1, -0.05) is 6.92 Å². The molecule has 2 bridgehead atoms. The van der Waals surface area contributed by atoms with Gasteiger partial charge in [0.2, 0.25) is 5.91 Å². The lowest BCUT2D eigenvalue weighted by atomic mass is 9.36. The lowest BCUT2D eigenvalue weighted by Gasteiger charge is -2.72. The maximum atomic E-state index is 12.8. The molecule has 3 saturated carbocycles. The van der Waals surface area contributed by atoms with Crippen molar-refractivity contribution in [3.63, 3.8) is 0 Å². The van der Waals surface area contributed by atoms with Gasteiger partial charge >= 0.3 is 6.09 Å². The van der Waals surface area contributed by atoms with E-state index in [0.29, 0.717) is 24.9 Å². The van der Waals surface area contributed by atoms with Crippen LogP contribution in [0, 0.1) is 17.2 Å². The van der Waals surface area contributed by atoms with E-state index in [1.54, 1.807) is 0 Å². The Kier molecular flexibility index (Phi) is 2.93. The van der Waals surface area contributed by atoms with Crippen LogP contribution in [0.3, 0.4) is 0 Å². The normalized spacial score (nSPS) is 30.6. The van der Waals surface area contributed by atoms with Gasteiger partial charge in [-0.2, -0.15) is 0 Å². The van der Waals surface area contributed by atoms with E-state index in [1.165, 1.54) is 24.3 Å². The molecule has 21 heavy (non-hydrogen) atoms. The Labute approximate surface area is 121 Å². The third-order valence-electron chi connectivity index (χ3n) is 4.87. The van der Waals surface area contributed by atoms with Gasteiger partial charge in [-0.3, -0.25) is 4.79 Å². The number of carbonyl (C=O) groups excluding carboxylic acids is 1. The third kappa shape index (κ3) is 2.24. The van der Waals surface area contributed by atoms with Crippen molar-refractivity contribution < 1.29 is 19.1 Å². The molecule has 6 heteroatoms. The van der Waals surface area contributed by atoms with Gasteiger partial charge in [0.1, 0.15) is 5.82 Å². The molecule has 3 fully saturated rings. The third-order valence-corrected chi connectivity index (χ3v) is 4.87. The van der Waals surface area contributed by atoms with Crippen LogP contribution in [0.4, 0.5) is 14.9 Å². The predicted octanol–water partition coefficient (Wildman–Crippen LogP) is 2.59. The summed E-state index contributed by atoms with van der Waals surface area (Å²) < 4.78 is 12.8. The molecule has 3 N–H and O–H groups in total. The first-order valence-electron chi connectivity index (χ1n) is 6.92. The molecule has 0 spiro atoms. The molecule has 1 atom stereocenters. The van der Waals surface area contributed by atoms with E-state index < -0.39 is 6.09 Å². The average molecular weight is 292 g/mol. The number of anilines is 1. The van der Waals surface area contributed by atoms with Crippen LogP contribution < -0.4 is 10.6 Å². The fourth-order valence-electron chi connectivity index (χ4n) is 3.75. The van der Waals surface area contributed by atoms with Crippen LogP contribution >= 0.6 is 0 Å². The minimum Gasteiger partial charge on any atom is -0.465 e. The largest absolute Gasteiger partial charge is 0.465 e. The van der Waals surface area contributed by atoms with Crippen LogP contribution in [-0.2, 0) is 4.79 Å². The monoisotopic (exact) mass is 292 g/mol. The van der Waals surface area contributed by atoms with Crippen molar-refractivity contribution in [3.8, 4) is 0 Å². The Morgan fingerprint density at radius 2 is 1.81 bits per heavy atom. The smallest absolute Gasteiger partial charge is 0.405 e. The number of carboxylic acid groups (broad SMARTS) is 1. The Morgan fingerprint density at radius 1 is 1.24 bits per heavy atom. The second kappa shape index (κ2) is 4.44. The number of amides is 2. The first-order chi connectivity index (χ1) is 9.84. The number of hydrogen-bond donors (Lipinski definition) is 3. The van der Waals surface area contributed by atoms with Crippen LogP contribution in [0.2, 0.25) is 0 Å². The van der Waals surface area contributed by atoms with E-state index in [0.717, 1.165) is 0 Å². The highest BCUT2D eigenvalue weighted by Gasteiger charge is 2.71. The molecule has 0 heterocycles. The lowest BCUT2D eigenvalue weighted by molar-refractivity contribution is -0.185. The zero-order valence-corrected chi connectivity index (χ0v) is 11.6. The van der Waals surface area contributed by atoms with Crippen molar-refractivity contribution in [2.24, 2.45) is 11.3 Å². The van der Waals surface area contributed by atoms with E-state index >= 15 is 0 Å². The van der Waals surface area contributed by atoms with Gasteiger partial charge in [-0.25, -0.2) is 9.18 Å². The standard InChI is InChI=1S/C15H17FN2O3/c1-9(12(19)17-11-4-2-10(16)3-5-11)14-6-15(7-14,8-14)18-13(20)21/h2-5,9,18H,6-8H2,1H3,(H,17,19)(H,20,21)/t9-,14?,15?/m1/s1. The summed E-state index contributed by atoms with van der Waals surface area (Å²) >= 11 is 0. The topological polar surface area (TPSA) is 78.4 Å². The zero-order valence-electron chi connectivity index (χ0n) is 11.6. The highest BCUT2D eigenvalue weighted by molar-refractivity contribution is 5.93. The first-order valence-corrected chi connectivity index (χ1v) is 6.92. The molecule has 5 nitrogen and oxygen atoms in total. The van der Waals surface area contributed by atoms with Crippen LogP contribution in [0.1, 0.15) is 26.2 Å². The van der Waals surface area contributed by atoms with E-state index in [9.17, 15) is 14.0 Å². The Balaban J connectivity index is 1.58. The minimum absolute atomic E-state index is 0.0907. The molecule has 3 aliphatic rings. The van der Waals surface area contributed by atoms with E-state index in [4.69, 9.17) is 5.11 Å². The lowest BCUT2D eigenvalue weighted by Crippen LogP contribution is -2.77. The number of rotatable bonds is 4. The molecule has 0 aromatic heterocycles. The van der Waals surface area contributed by atoms with Crippen LogP contribution in [0.15, 0.2) is 24.3 Å². The molecule has 3 aliphatic carbocycles. The molecule has 4 rings (SSSR count). The van der Waals surface area contributed by atoms with Crippen molar-refractivity contribution >= 4 is 17.7 Å². The highest BCUT2D eigenvalue weighted by atomic mass is 19.1. The summed E-state index contributed by atoms with van der Waals surface area (Å²) in [5.41, 5.74) is 0.168. The maximum absolute atomic E-state index is 12.8. The van der Waals surface area contributed by atoms with Crippen molar-refractivity contribution in [2.75, 3.05) is 5.32 Å². The van der Waals surface area contributed by atoms with E-state index in [1.807, 2.05) is 6.92 Å². The number of carbonyl (C=O) groups is 2. The summed E-state index contributed by atoms with van der Waals surface area (Å²) in [6, 6.07) is 5.64. The van der Waals surface area contributed by atoms with Gasteiger partial charge in [-0.15, -0.1) is 0 Å². The van der Waals surface area contributed by atoms with Crippen LogP contribution in [0.25, 0.3) is 0 Å². The molecule has 0 unspecified atom stereocenters. The number of benzene rings is 1. The van der Waals surface area contributed by atoms with Crippen molar-refractivity contribution in [1.82, 2.24) is 5.32 Å². The van der Waals surface area contributed by atoms with Gasteiger partial charge in [0, 0.05) is 17.1 Å². The summed E-state index contributed by atoms with van der Waals surface area (Å²) in [5.74, 6) is -0.646. The van der Waals surface area contributed by atoms with E-state index in [-0.39, 0.29) is 28.6 Å². The number of hydrogen-bond acceptors (Lipinski definition) is 2. The number of halogens is 1. The second-order valence-electron chi connectivity index (χ2n) is 6.32. The molecule has 0 radical (unpaired) electrons. The van der Waals surface area contributed by atoms with Gasteiger partial charge < -0.3 is 15.7 Å². The molecule has 1 aromatic carbocycles. The quantitative estimate of drug-likeness (QED) is 0.798. The van der Waals surface area contributed by atoms with Crippen LogP contribution in [0.5, 0.6) is 0 Å². The molecule has 0 saturated heterocycles. The van der Waals surface area contributed by atoms with E-state index in [2.05, 4.69) is 10.6 Å². The second-order valence-corrected chi connectivity index (χ2v) is 6.32. The SMILES string of the molecule is C[C@H](C(=O)Nc1ccc(F)cc1)C12CC(NC(=O)O)(C1)C2. The fraction of sp³-hybridized carbons (Fsp3) is 0.467. The Hall–Kier alpha value is -2.11. The molecular formula is C15H17FN2O3. The van der Waals surface area contributed by atoms with Crippen LogP contribution in [-0.4, -0.2) is 22.6 Å². The summed E-state index contributed by atoms with van der Waals surface area (Å²) in [7, 11) is 0. The summed E-state index contributed by atoms with van der Waals surface area (Å²) in [6.45, 7) is 1.86. The van der Waals surface area contributed by atoms with Gasteiger partial charge in [-0.05, 0) is 48.9 Å². The molecule has 2 amide bonds. The summed E-state index contributed by atoms with van der Waals surface area (Å²) in [5, 5.41) is 14.1. The van der Waals surface area contributed by atoms with Crippen molar-refractivity contribution in [2.45, 2.75) is 31.7 Å². The summed E-state index contributed by atoms with van der Waals surface area (Å²) in [4.78, 5) is 22.9. The van der Waals surface area contributed by atoms with Gasteiger partial charge in [0.15, 0.2) is 0 Å². The maximum Gasteiger partial charge on any atom is 0.405 e. The molecule has 112 valence electrons. The minimum atomic E-state index is -1.01. The Bertz CT molecular complexity index is 580. The van der Waals surface area contributed by atoms with Crippen molar-refractivity contribution in [1.29, 1.82) is 0 Å². The first kappa shape index (κ1) is 13.9. The highest BCUT2D eigenvalue weighted by Crippen LogP contribution is 2.70. The van der Waals surface area contributed by atoms with Gasteiger partial charge in [0.25, 0.3) is 0 Å². The molecule has 1 aromatic rings.